The summed E-state index contributed by atoms with van der Waals surface area (Å²) in [5.41, 5.74) is 2.41. The molecule has 2 rings (SSSR count). The topological polar surface area (TPSA) is 52.0 Å². The molecular formula is C16H24N4O. The fourth-order valence-corrected chi connectivity index (χ4v) is 2.20. The van der Waals surface area contributed by atoms with Crippen LogP contribution >= 0.6 is 0 Å². The number of benzene rings is 1. The molecule has 1 heterocycles. The lowest BCUT2D eigenvalue weighted by atomic mass is 10.1. The summed E-state index contributed by atoms with van der Waals surface area (Å²) in [6.45, 7) is 10.5. The van der Waals surface area contributed by atoms with Crippen LogP contribution in [0, 0.1) is 6.92 Å². The summed E-state index contributed by atoms with van der Waals surface area (Å²) < 4.78 is 7.85. The third kappa shape index (κ3) is 4.04. The van der Waals surface area contributed by atoms with Crippen molar-refractivity contribution < 1.29 is 4.74 Å². The highest BCUT2D eigenvalue weighted by Crippen LogP contribution is 2.21. The fraction of sp³-hybridized carbons (Fsp3) is 0.500. The van der Waals surface area contributed by atoms with Crippen LogP contribution in [0.3, 0.4) is 0 Å². The van der Waals surface area contributed by atoms with Crippen molar-refractivity contribution in [2.24, 2.45) is 0 Å². The van der Waals surface area contributed by atoms with Gasteiger partial charge in [-0.2, -0.15) is 5.10 Å². The predicted octanol–water partition coefficient (Wildman–Crippen LogP) is 2.86. The molecule has 5 nitrogen and oxygen atoms in total. The van der Waals surface area contributed by atoms with Gasteiger partial charge in [-0.25, -0.2) is 9.67 Å². The van der Waals surface area contributed by atoms with Crippen molar-refractivity contribution in [3.8, 4) is 5.75 Å². The molecular weight excluding hydrogens is 264 g/mol. The lowest BCUT2D eigenvalue weighted by Gasteiger charge is -2.14. The molecule has 0 bridgehead atoms. The number of aryl methyl sites for hydroxylation is 1. The third-order valence-electron chi connectivity index (χ3n) is 3.27. The summed E-state index contributed by atoms with van der Waals surface area (Å²) in [5.74, 6) is 1.75. The molecule has 0 atom stereocenters. The zero-order valence-electron chi connectivity index (χ0n) is 13.3. The van der Waals surface area contributed by atoms with Gasteiger partial charge in [-0.1, -0.05) is 24.6 Å². The maximum Gasteiger partial charge on any atom is 0.165 e. The van der Waals surface area contributed by atoms with Crippen molar-refractivity contribution in [1.29, 1.82) is 0 Å². The number of ether oxygens (including phenoxy) is 1. The van der Waals surface area contributed by atoms with Gasteiger partial charge < -0.3 is 10.1 Å². The van der Waals surface area contributed by atoms with Gasteiger partial charge in [-0.05, 0) is 33.4 Å². The predicted molar refractivity (Wildman–Crippen MR) is 83.3 cm³/mol. The molecule has 0 saturated carbocycles. The van der Waals surface area contributed by atoms with Gasteiger partial charge in [0.1, 0.15) is 18.7 Å². The standard InChI is InChI=1S/C16H24N4O/c1-5-17-9-14-8-13(4)6-7-15(14)21-10-16-18-11-19-20(16)12(2)3/h6-8,11-12,17H,5,9-10H2,1-4H3. The normalized spacial score (nSPS) is 11.1. The molecule has 21 heavy (non-hydrogen) atoms. The first-order chi connectivity index (χ1) is 10.1. The summed E-state index contributed by atoms with van der Waals surface area (Å²) in [6, 6.07) is 6.53. The lowest BCUT2D eigenvalue weighted by Crippen LogP contribution is -2.14. The molecule has 0 spiro atoms. The molecule has 0 amide bonds. The Balaban J connectivity index is 2.10. The number of aromatic nitrogens is 3. The van der Waals surface area contributed by atoms with Gasteiger partial charge in [0, 0.05) is 18.2 Å². The first kappa shape index (κ1) is 15.5. The summed E-state index contributed by atoms with van der Waals surface area (Å²) >= 11 is 0. The van der Waals surface area contributed by atoms with E-state index in [1.165, 1.54) is 11.1 Å². The Kier molecular flexibility index (Phi) is 5.33. The number of rotatable bonds is 7. The van der Waals surface area contributed by atoms with E-state index < -0.39 is 0 Å². The van der Waals surface area contributed by atoms with Crippen LogP contribution in [-0.4, -0.2) is 21.3 Å². The minimum Gasteiger partial charge on any atom is -0.485 e. The van der Waals surface area contributed by atoms with Crippen molar-refractivity contribution in [1.82, 2.24) is 20.1 Å². The SMILES string of the molecule is CCNCc1cc(C)ccc1OCc1ncnn1C(C)C. The van der Waals surface area contributed by atoms with Crippen LogP contribution in [0.1, 0.15) is 43.8 Å². The Morgan fingerprint density at radius 3 is 2.86 bits per heavy atom. The van der Waals surface area contributed by atoms with E-state index in [1.807, 2.05) is 10.7 Å². The molecule has 1 aromatic carbocycles. The Hall–Kier alpha value is -1.88. The second kappa shape index (κ2) is 7.22. The maximum atomic E-state index is 5.96. The Bertz CT molecular complexity index is 577. The molecule has 1 N–H and O–H groups in total. The molecule has 0 aliphatic rings. The molecule has 2 aromatic rings. The smallest absolute Gasteiger partial charge is 0.165 e. The van der Waals surface area contributed by atoms with Gasteiger partial charge in [0.15, 0.2) is 5.82 Å². The first-order valence-corrected chi connectivity index (χ1v) is 7.43. The van der Waals surface area contributed by atoms with Crippen molar-refractivity contribution in [2.75, 3.05) is 6.54 Å². The molecule has 0 aliphatic heterocycles. The van der Waals surface area contributed by atoms with E-state index in [9.17, 15) is 0 Å². The third-order valence-corrected chi connectivity index (χ3v) is 3.27. The van der Waals surface area contributed by atoms with Crippen molar-refractivity contribution in [3.05, 3.63) is 41.5 Å². The van der Waals surface area contributed by atoms with Crippen LogP contribution in [0.15, 0.2) is 24.5 Å². The lowest BCUT2D eigenvalue weighted by molar-refractivity contribution is 0.279. The number of hydrogen-bond donors (Lipinski definition) is 1. The highest BCUT2D eigenvalue weighted by Gasteiger charge is 2.10. The molecule has 5 heteroatoms. The second-order valence-corrected chi connectivity index (χ2v) is 5.39. The molecule has 0 saturated heterocycles. The van der Waals surface area contributed by atoms with E-state index >= 15 is 0 Å². The van der Waals surface area contributed by atoms with E-state index in [0.29, 0.717) is 6.61 Å². The van der Waals surface area contributed by atoms with E-state index in [0.717, 1.165) is 24.7 Å². The van der Waals surface area contributed by atoms with E-state index in [1.54, 1.807) is 6.33 Å². The van der Waals surface area contributed by atoms with Gasteiger partial charge in [-0.15, -0.1) is 0 Å². The molecule has 0 radical (unpaired) electrons. The zero-order valence-corrected chi connectivity index (χ0v) is 13.3. The van der Waals surface area contributed by atoms with Gasteiger partial charge in [0.2, 0.25) is 0 Å². The summed E-state index contributed by atoms with van der Waals surface area (Å²) in [5, 5.41) is 7.57. The molecule has 1 aromatic heterocycles. The van der Waals surface area contributed by atoms with Gasteiger partial charge in [-0.3, -0.25) is 0 Å². The molecule has 0 aliphatic carbocycles. The van der Waals surface area contributed by atoms with Crippen LogP contribution in [0.25, 0.3) is 0 Å². The van der Waals surface area contributed by atoms with Gasteiger partial charge in [0.25, 0.3) is 0 Å². The highest BCUT2D eigenvalue weighted by molar-refractivity contribution is 5.36. The van der Waals surface area contributed by atoms with Crippen molar-refractivity contribution in [3.63, 3.8) is 0 Å². The summed E-state index contributed by atoms with van der Waals surface area (Å²) in [6.07, 6.45) is 1.58. The quantitative estimate of drug-likeness (QED) is 0.851. The average molecular weight is 288 g/mol. The first-order valence-electron chi connectivity index (χ1n) is 7.43. The molecule has 0 unspecified atom stereocenters. The number of hydrogen-bond acceptors (Lipinski definition) is 4. The largest absolute Gasteiger partial charge is 0.485 e. The Morgan fingerprint density at radius 1 is 1.33 bits per heavy atom. The zero-order chi connectivity index (χ0) is 15.2. The minimum absolute atomic E-state index is 0.283. The van der Waals surface area contributed by atoms with Crippen molar-refractivity contribution in [2.45, 2.75) is 46.9 Å². The van der Waals surface area contributed by atoms with Crippen LogP contribution in [-0.2, 0) is 13.2 Å². The molecule has 0 fully saturated rings. The number of nitrogens with one attached hydrogen (secondary N) is 1. The number of nitrogens with zero attached hydrogens (tertiary/aromatic N) is 3. The Labute approximate surface area is 126 Å². The summed E-state index contributed by atoms with van der Waals surface area (Å²) in [7, 11) is 0. The highest BCUT2D eigenvalue weighted by atomic mass is 16.5. The maximum absolute atomic E-state index is 5.96. The minimum atomic E-state index is 0.283. The Morgan fingerprint density at radius 2 is 2.14 bits per heavy atom. The molecule has 114 valence electrons. The van der Waals surface area contributed by atoms with Crippen LogP contribution in [0.2, 0.25) is 0 Å². The van der Waals surface area contributed by atoms with E-state index in [2.05, 4.69) is 55.2 Å². The average Bonchev–Trinajstić information content (AvgIpc) is 2.92. The second-order valence-electron chi connectivity index (χ2n) is 5.39. The van der Waals surface area contributed by atoms with Crippen molar-refractivity contribution >= 4 is 0 Å². The summed E-state index contributed by atoms with van der Waals surface area (Å²) in [4.78, 5) is 4.27. The fourth-order valence-electron chi connectivity index (χ4n) is 2.20. The monoisotopic (exact) mass is 288 g/mol. The van der Waals surface area contributed by atoms with E-state index in [4.69, 9.17) is 4.74 Å². The van der Waals surface area contributed by atoms with Gasteiger partial charge >= 0.3 is 0 Å². The van der Waals surface area contributed by atoms with Crippen LogP contribution in [0.4, 0.5) is 0 Å². The van der Waals surface area contributed by atoms with E-state index in [-0.39, 0.29) is 6.04 Å². The van der Waals surface area contributed by atoms with Gasteiger partial charge in [0.05, 0.1) is 0 Å². The van der Waals surface area contributed by atoms with Crippen LogP contribution < -0.4 is 10.1 Å². The van der Waals surface area contributed by atoms with Crippen LogP contribution in [0.5, 0.6) is 5.75 Å².